The second-order valence-corrected chi connectivity index (χ2v) is 6.71. The van der Waals surface area contributed by atoms with Gasteiger partial charge in [0.25, 0.3) is 0 Å². The number of hydrogen-bond acceptors (Lipinski definition) is 4. The molecule has 0 spiro atoms. The van der Waals surface area contributed by atoms with Crippen LogP contribution in [0.15, 0.2) is 72.8 Å². The molecular weight excluding hydrogens is 400 g/mol. The summed E-state index contributed by atoms with van der Waals surface area (Å²) >= 11 is 0. The Hall–Kier alpha value is -4.72. The number of hydrogen-bond donors (Lipinski definition) is 0. The summed E-state index contributed by atoms with van der Waals surface area (Å²) in [7, 11) is 0. The fourth-order valence-electron chi connectivity index (χ4n) is 2.61. The molecule has 156 valence electrons. The van der Waals surface area contributed by atoms with Gasteiger partial charge in [-0.15, -0.1) is 12.8 Å². The topological polar surface area (TPSA) is 52.6 Å². The van der Waals surface area contributed by atoms with Gasteiger partial charge in [0.1, 0.15) is 11.5 Å². The molecule has 0 fully saturated rings. The van der Waals surface area contributed by atoms with Crippen LogP contribution in [0, 0.1) is 36.5 Å². The number of carbonyl (C=O) groups excluding carboxylic acids is 2. The van der Waals surface area contributed by atoms with Crippen molar-refractivity contribution in [3.63, 3.8) is 0 Å². The second-order valence-electron chi connectivity index (χ2n) is 6.71. The van der Waals surface area contributed by atoms with Gasteiger partial charge in [-0.05, 0) is 83.3 Å². The van der Waals surface area contributed by atoms with Crippen molar-refractivity contribution < 1.29 is 19.1 Å². The van der Waals surface area contributed by atoms with E-state index in [1.807, 2.05) is 36.4 Å². The first-order valence-electron chi connectivity index (χ1n) is 9.40. The number of rotatable bonds is 4. The van der Waals surface area contributed by atoms with Crippen LogP contribution in [0.3, 0.4) is 0 Å². The molecule has 0 N–H and O–H groups in total. The zero-order valence-corrected chi connectivity index (χ0v) is 17.8. The van der Waals surface area contributed by atoms with E-state index in [4.69, 9.17) is 22.3 Å². The average Bonchev–Trinajstić information content (AvgIpc) is 2.77. The molecule has 0 aromatic heterocycles. The van der Waals surface area contributed by atoms with E-state index in [1.54, 1.807) is 26.0 Å². The average molecular weight is 420 g/mol. The van der Waals surface area contributed by atoms with Gasteiger partial charge in [-0.2, -0.15) is 0 Å². The van der Waals surface area contributed by atoms with Gasteiger partial charge in [0.15, 0.2) is 0 Å². The third kappa shape index (κ3) is 6.14. The maximum Gasteiger partial charge on any atom is 0.338 e. The first kappa shape index (κ1) is 23.6. The van der Waals surface area contributed by atoms with Crippen LogP contribution in [0.5, 0.6) is 11.5 Å². The van der Waals surface area contributed by atoms with Crippen LogP contribution >= 0.6 is 0 Å². The zero-order valence-electron chi connectivity index (χ0n) is 17.8. The van der Waals surface area contributed by atoms with E-state index in [1.165, 1.54) is 0 Å². The number of benzene rings is 3. The normalized spacial score (nSPS) is 9.12. The van der Waals surface area contributed by atoms with Crippen LogP contribution in [0.2, 0.25) is 0 Å². The molecule has 0 unspecified atom stereocenters. The molecule has 4 nitrogen and oxygen atoms in total. The van der Waals surface area contributed by atoms with Crippen molar-refractivity contribution in [1.82, 2.24) is 0 Å². The summed E-state index contributed by atoms with van der Waals surface area (Å²) in [6.07, 6.45) is 9.39. The summed E-state index contributed by atoms with van der Waals surface area (Å²) in [5, 5.41) is 3.90. The maximum atomic E-state index is 11.7. The Balaban J connectivity index is 0.000000534. The largest absolute Gasteiger partial charge is 0.423 e. The third-order valence-corrected chi connectivity index (χ3v) is 4.10. The summed E-state index contributed by atoms with van der Waals surface area (Å²) in [4.78, 5) is 23.3. The van der Waals surface area contributed by atoms with Crippen LogP contribution in [0.4, 0.5) is 0 Å². The van der Waals surface area contributed by atoms with Gasteiger partial charge < -0.3 is 9.47 Å². The van der Waals surface area contributed by atoms with Gasteiger partial charge in [0.05, 0.1) is 0 Å². The highest BCUT2D eigenvalue weighted by atomic mass is 16.5. The number of fused-ring (bicyclic) bond motifs is 3. The van der Waals surface area contributed by atoms with Crippen LogP contribution in [0.1, 0.15) is 13.8 Å². The summed E-state index contributed by atoms with van der Waals surface area (Å²) in [6.45, 7) is 10.4. The van der Waals surface area contributed by atoms with E-state index in [0.717, 1.165) is 21.5 Å². The van der Waals surface area contributed by atoms with Gasteiger partial charge in [-0.3, -0.25) is 0 Å². The van der Waals surface area contributed by atoms with Crippen molar-refractivity contribution in [3.8, 4) is 48.0 Å². The molecule has 3 aromatic rings. The van der Waals surface area contributed by atoms with E-state index in [-0.39, 0.29) is 0 Å². The molecule has 0 aliphatic rings. The Morgan fingerprint density at radius 1 is 0.719 bits per heavy atom. The SMILES string of the molecule is C#CC#CC#C.C=C(C)C(=O)Oc1ccc2c(ccc3cc(OC(=O)C(=C)C)ccc32)c1. The lowest BCUT2D eigenvalue weighted by atomic mass is 10.0. The minimum atomic E-state index is -0.450. The minimum absolute atomic E-state index is 0.348. The number of terminal acetylenes is 2. The van der Waals surface area contributed by atoms with Gasteiger partial charge >= 0.3 is 11.9 Å². The molecule has 0 amide bonds. The molecule has 0 atom stereocenters. The maximum absolute atomic E-state index is 11.7. The molecule has 4 heteroatoms. The quantitative estimate of drug-likeness (QED) is 0.191. The molecule has 3 rings (SSSR count). The van der Waals surface area contributed by atoms with Crippen LogP contribution in [-0.2, 0) is 9.59 Å². The Bertz CT molecular complexity index is 1280. The van der Waals surface area contributed by atoms with Crippen molar-refractivity contribution in [1.29, 1.82) is 0 Å². The van der Waals surface area contributed by atoms with E-state index in [0.29, 0.717) is 22.6 Å². The Morgan fingerprint density at radius 3 is 1.41 bits per heavy atom. The number of esters is 2. The molecule has 0 heterocycles. The Morgan fingerprint density at radius 2 is 1.09 bits per heavy atom. The Kier molecular flexibility index (Phi) is 8.01. The lowest BCUT2D eigenvalue weighted by Crippen LogP contribution is -2.08. The molecule has 0 bridgehead atoms. The van der Waals surface area contributed by atoms with Crippen molar-refractivity contribution in [2.45, 2.75) is 13.8 Å². The van der Waals surface area contributed by atoms with Crippen LogP contribution < -0.4 is 9.47 Å². The van der Waals surface area contributed by atoms with Gasteiger partial charge in [0.2, 0.25) is 0 Å². The van der Waals surface area contributed by atoms with E-state index >= 15 is 0 Å². The zero-order chi connectivity index (χ0) is 23.7. The smallest absolute Gasteiger partial charge is 0.338 e. The first-order valence-corrected chi connectivity index (χ1v) is 9.40. The predicted octanol–water partition coefficient (Wildman–Crippen LogP) is 5.21. The minimum Gasteiger partial charge on any atom is -0.423 e. The lowest BCUT2D eigenvalue weighted by molar-refractivity contribution is -0.130. The summed E-state index contributed by atoms with van der Waals surface area (Å²) in [5.41, 5.74) is 0.695. The lowest BCUT2D eigenvalue weighted by Gasteiger charge is -2.09. The highest BCUT2D eigenvalue weighted by molar-refractivity contribution is 6.08. The van der Waals surface area contributed by atoms with E-state index < -0.39 is 11.9 Å². The molecule has 32 heavy (non-hydrogen) atoms. The van der Waals surface area contributed by atoms with Gasteiger partial charge in [0, 0.05) is 11.1 Å². The Labute approximate surface area is 187 Å². The van der Waals surface area contributed by atoms with Crippen molar-refractivity contribution in [3.05, 3.63) is 72.8 Å². The van der Waals surface area contributed by atoms with Crippen molar-refractivity contribution in [2.24, 2.45) is 0 Å². The highest BCUT2D eigenvalue weighted by Crippen LogP contribution is 2.31. The van der Waals surface area contributed by atoms with Crippen molar-refractivity contribution >= 4 is 33.5 Å². The van der Waals surface area contributed by atoms with E-state index in [9.17, 15) is 9.59 Å². The third-order valence-electron chi connectivity index (χ3n) is 4.10. The molecule has 0 aliphatic heterocycles. The monoisotopic (exact) mass is 420 g/mol. The van der Waals surface area contributed by atoms with Crippen molar-refractivity contribution in [2.75, 3.05) is 0 Å². The molecule has 0 radical (unpaired) electrons. The number of ether oxygens (including phenoxy) is 2. The van der Waals surface area contributed by atoms with Crippen LogP contribution in [0.25, 0.3) is 21.5 Å². The fourth-order valence-corrected chi connectivity index (χ4v) is 2.61. The highest BCUT2D eigenvalue weighted by Gasteiger charge is 2.09. The molecule has 3 aromatic carbocycles. The summed E-state index contributed by atoms with van der Waals surface area (Å²) < 4.78 is 10.6. The fraction of sp³-hybridized carbons (Fsp3) is 0.0714. The van der Waals surface area contributed by atoms with Gasteiger partial charge in [-0.1, -0.05) is 37.4 Å². The summed E-state index contributed by atoms with van der Waals surface area (Å²) in [5.74, 6) is 8.65. The predicted molar refractivity (Wildman–Crippen MR) is 128 cm³/mol. The molecule has 0 aliphatic carbocycles. The van der Waals surface area contributed by atoms with E-state index in [2.05, 4.69) is 36.8 Å². The first-order chi connectivity index (χ1) is 15.3. The standard InChI is InChI=1S/C22H18O4.C6H2/c1-13(2)21(23)25-17-7-9-19-15(11-17)5-6-16-12-18(8-10-20(16)19)26-22(24)14(3)4;1-3-5-6-4-2/h5-12H,1,3H2,2,4H3;1-2H. The van der Waals surface area contributed by atoms with Gasteiger partial charge in [-0.25, -0.2) is 9.59 Å². The molecule has 0 saturated heterocycles. The number of carbonyl (C=O) groups is 2. The van der Waals surface area contributed by atoms with Crippen LogP contribution in [-0.4, -0.2) is 11.9 Å². The summed E-state index contributed by atoms with van der Waals surface area (Å²) in [6, 6.07) is 14.8. The second kappa shape index (κ2) is 10.9. The molecule has 0 saturated carbocycles. The molecular formula is C28H20O4.